The van der Waals surface area contributed by atoms with Crippen LogP contribution < -0.4 is 5.32 Å². The Morgan fingerprint density at radius 1 is 1.29 bits per heavy atom. The van der Waals surface area contributed by atoms with Gasteiger partial charge in [-0.2, -0.15) is 0 Å². The smallest absolute Gasteiger partial charge is 0.0329 e. The molecule has 1 aromatic carbocycles. The molecule has 0 saturated carbocycles. The summed E-state index contributed by atoms with van der Waals surface area (Å²) in [5.74, 6) is 0. The standard InChI is InChI=1S/C15H26N2/c1-6-15(3,13(2)16-4)17(5)12-14-10-8-7-9-11-14/h7-11,13,16H,6,12H2,1-5H3. The lowest BCUT2D eigenvalue weighted by Crippen LogP contribution is -2.55. The molecule has 0 bridgehead atoms. The molecule has 2 heteroatoms. The average Bonchev–Trinajstić information content (AvgIpc) is 2.37. The van der Waals surface area contributed by atoms with E-state index in [0.717, 1.165) is 13.0 Å². The van der Waals surface area contributed by atoms with Gasteiger partial charge < -0.3 is 5.32 Å². The lowest BCUT2D eigenvalue weighted by molar-refractivity contribution is 0.0890. The van der Waals surface area contributed by atoms with Gasteiger partial charge in [-0.05, 0) is 39.9 Å². The fraction of sp³-hybridized carbons (Fsp3) is 0.600. The minimum atomic E-state index is 0.185. The van der Waals surface area contributed by atoms with Crippen LogP contribution in [0.3, 0.4) is 0 Å². The van der Waals surface area contributed by atoms with Crippen LogP contribution in [0.2, 0.25) is 0 Å². The second-order valence-corrected chi connectivity index (χ2v) is 5.06. The molecular formula is C15H26N2. The van der Waals surface area contributed by atoms with Crippen molar-refractivity contribution in [2.45, 2.75) is 45.3 Å². The van der Waals surface area contributed by atoms with Gasteiger partial charge in [0, 0.05) is 18.1 Å². The van der Waals surface area contributed by atoms with Crippen molar-refractivity contribution >= 4 is 0 Å². The second-order valence-electron chi connectivity index (χ2n) is 5.06. The molecular weight excluding hydrogens is 208 g/mol. The maximum Gasteiger partial charge on any atom is 0.0329 e. The molecule has 96 valence electrons. The van der Waals surface area contributed by atoms with E-state index in [1.54, 1.807) is 0 Å². The zero-order valence-corrected chi connectivity index (χ0v) is 11.8. The van der Waals surface area contributed by atoms with E-state index in [-0.39, 0.29) is 5.54 Å². The number of nitrogens with zero attached hydrogens (tertiary/aromatic N) is 1. The van der Waals surface area contributed by atoms with E-state index in [1.807, 2.05) is 7.05 Å². The van der Waals surface area contributed by atoms with Gasteiger partial charge >= 0.3 is 0 Å². The third-order valence-electron chi connectivity index (χ3n) is 4.22. The molecule has 1 N–H and O–H groups in total. The number of hydrogen-bond donors (Lipinski definition) is 1. The SMILES string of the molecule is CCC(C)(C(C)NC)N(C)Cc1ccccc1. The molecule has 0 aliphatic carbocycles. The maximum atomic E-state index is 3.38. The van der Waals surface area contributed by atoms with Gasteiger partial charge in [0.05, 0.1) is 0 Å². The number of likely N-dealkylation sites (N-methyl/N-ethyl adjacent to an activating group) is 2. The van der Waals surface area contributed by atoms with Gasteiger partial charge in [0.25, 0.3) is 0 Å². The van der Waals surface area contributed by atoms with Gasteiger partial charge in [-0.3, -0.25) is 4.90 Å². The van der Waals surface area contributed by atoms with Gasteiger partial charge in [0.2, 0.25) is 0 Å². The second kappa shape index (κ2) is 6.18. The van der Waals surface area contributed by atoms with E-state index in [1.165, 1.54) is 5.56 Å². The van der Waals surface area contributed by atoms with Crippen LogP contribution in [0.1, 0.15) is 32.8 Å². The normalized spacial score (nSPS) is 16.8. The lowest BCUT2D eigenvalue weighted by atomic mass is 9.88. The summed E-state index contributed by atoms with van der Waals surface area (Å²) in [4.78, 5) is 2.45. The predicted molar refractivity (Wildman–Crippen MR) is 75.1 cm³/mol. The monoisotopic (exact) mass is 234 g/mol. The molecule has 0 heterocycles. The summed E-state index contributed by atoms with van der Waals surface area (Å²) in [6.45, 7) is 7.84. The lowest BCUT2D eigenvalue weighted by Gasteiger charge is -2.43. The highest BCUT2D eigenvalue weighted by molar-refractivity contribution is 5.15. The van der Waals surface area contributed by atoms with Crippen LogP contribution in [0.15, 0.2) is 30.3 Å². The van der Waals surface area contributed by atoms with Crippen molar-refractivity contribution in [3.8, 4) is 0 Å². The zero-order chi connectivity index (χ0) is 12.9. The molecule has 0 radical (unpaired) electrons. The first-order valence-electron chi connectivity index (χ1n) is 6.47. The number of benzene rings is 1. The molecule has 1 aromatic rings. The minimum absolute atomic E-state index is 0.185. The van der Waals surface area contributed by atoms with E-state index in [4.69, 9.17) is 0 Å². The molecule has 0 saturated heterocycles. The molecule has 0 aliphatic rings. The quantitative estimate of drug-likeness (QED) is 0.814. The number of hydrogen-bond acceptors (Lipinski definition) is 2. The van der Waals surface area contributed by atoms with Crippen LogP contribution in [0, 0.1) is 0 Å². The largest absolute Gasteiger partial charge is 0.315 e. The van der Waals surface area contributed by atoms with E-state index in [2.05, 4.69) is 68.4 Å². The summed E-state index contributed by atoms with van der Waals surface area (Å²) in [6, 6.07) is 11.1. The third kappa shape index (κ3) is 3.30. The molecule has 17 heavy (non-hydrogen) atoms. The summed E-state index contributed by atoms with van der Waals surface area (Å²) in [6.07, 6.45) is 1.14. The van der Waals surface area contributed by atoms with Gasteiger partial charge in [-0.25, -0.2) is 0 Å². The molecule has 0 aromatic heterocycles. The van der Waals surface area contributed by atoms with Crippen LogP contribution >= 0.6 is 0 Å². The molecule has 1 rings (SSSR count). The molecule has 2 nitrogen and oxygen atoms in total. The number of nitrogens with one attached hydrogen (secondary N) is 1. The van der Waals surface area contributed by atoms with Crippen LogP contribution in [-0.2, 0) is 6.54 Å². The Balaban J connectivity index is 2.77. The molecule has 0 spiro atoms. The highest BCUT2D eigenvalue weighted by Crippen LogP contribution is 2.24. The van der Waals surface area contributed by atoms with Crippen molar-refractivity contribution in [1.82, 2.24) is 10.2 Å². The Morgan fingerprint density at radius 3 is 2.35 bits per heavy atom. The maximum absolute atomic E-state index is 3.38. The summed E-state index contributed by atoms with van der Waals surface area (Å²) in [7, 11) is 4.25. The van der Waals surface area contributed by atoms with Crippen LogP contribution in [-0.4, -0.2) is 30.6 Å². The average molecular weight is 234 g/mol. The highest BCUT2D eigenvalue weighted by atomic mass is 15.2. The Morgan fingerprint density at radius 2 is 1.88 bits per heavy atom. The fourth-order valence-corrected chi connectivity index (χ4v) is 2.26. The Bertz CT molecular complexity index is 323. The first-order valence-corrected chi connectivity index (χ1v) is 6.47. The van der Waals surface area contributed by atoms with E-state index in [9.17, 15) is 0 Å². The Labute approximate surface area is 106 Å². The van der Waals surface area contributed by atoms with Gasteiger partial charge in [-0.15, -0.1) is 0 Å². The fourth-order valence-electron chi connectivity index (χ4n) is 2.26. The van der Waals surface area contributed by atoms with Crippen molar-refractivity contribution in [3.05, 3.63) is 35.9 Å². The summed E-state index contributed by atoms with van der Waals surface area (Å²) >= 11 is 0. The molecule has 0 amide bonds. The topological polar surface area (TPSA) is 15.3 Å². The number of rotatable bonds is 6. The Hall–Kier alpha value is -0.860. The summed E-state index contributed by atoms with van der Waals surface area (Å²) in [5.41, 5.74) is 1.56. The first-order chi connectivity index (χ1) is 8.04. The van der Waals surface area contributed by atoms with Crippen LogP contribution in [0.4, 0.5) is 0 Å². The van der Waals surface area contributed by atoms with Gasteiger partial charge in [-0.1, -0.05) is 37.3 Å². The van der Waals surface area contributed by atoms with E-state index < -0.39 is 0 Å². The van der Waals surface area contributed by atoms with Gasteiger partial charge in [0.1, 0.15) is 0 Å². The van der Waals surface area contributed by atoms with Crippen LogP contribution in [0.25, 0.3) is 0 Å². The molecule has 0 fully saturated rings. The zero-order valence-electron chi connectivity index (χ0n) is 11.8. The van der Waals surface area contributed by atoms with E-state index in [0.29, 0.717) is 6.04 Å². The van der Waals surface area contributed by atoms with Crippen molar-refractivity contribution in [2.75, 3.05) is 14.1 Å². The molecule has 2 atom stereocenters. The minimum Gasteiger partial charge on any atom is -0.315 e. The van der Waals surface area contributed by atoms with Crippen molar-refractivity contribution in [1.29, 1.82) is 0 Å². The van der Waals surface area contributed by atoms with Gasteiger partial charge in [0.15, 0.2) is 0 Å². The van der Waals surface area contributed by atoms with Crippen molar-refractivity contribution < 1.29 is 0 Å². The van der Waals surface area contributed by atoms with Crippen molar-refractivity contribution in [2.24, 2.45) is 0 Å². The van der Waals surface area contributed by atoms with Crippen molar-refractivity contribution in [3.63, 3.8) is 0 Å². The summed E-state index contributed by atoms with van der Waals surface area (Å²) in [5, 5.41) is 3.38. The molecule has 0 aliphatic heterocycles. The molecule has 2 unspecified atom stereocenters. The van der Waals surface area contributed by atoms with E-state index >= 15 is 0 Å². The van der Waals surface area contributed by atoms with Crippen LogP contribution in [0.5, 0.6) is 0 Å². The summed E-state index contributed by atoms with van der Waals surface area (Å²) < 4.78 is 0. The third-order valence-corrected chi connectivity index (χ3v) is 4.22. The highest BCUT2D eigenvalue weighted by Gasteiger charge is 2.32. The predicted octanol–water partition coefficient (Wildman–Crippen LogP) is 2.90. The first kappa shape index (κ1) is 14.2. The Kier molecular flexibility index (Phi) is 5.16.